The van der Waals surface area contributed by atoms with Gasteiger partial charge in [0.2, 0.25) is 0 Å². The van der Waals surface area contributed by atoms with Crippen LogP contribution in [0.2, 0.25) is 5.02 Å². The minimum Gasteiger partial charge on any atom is -0.496 e. The fraction of sp³-hybridized carbons (Fsp3) is 0.467. The van der Waals surface area contributed by atoms with Crippen LogP contribution in [0.4, 0.5) is 0 Å². The summed E-state index contributed by atoms with van der Waals surface area (Å²) in [7, 11) is 1.72. The zero-order valence-corrected chi connectivity index (χ0v) is 11.8. The fourth-order valence-corrected chi connectivity index (χ4v) is 2.15. The van der Waals surface area contributed by atoms with Gasteiger partial charge in [0.15, 0.2) is 0 Å². The van der Waals surface area contributed by atoms with Crippen molar-refractivity contribution < 1.29 is 4.74 Å². The number of halogens is 1. The number of hydrogen-bond acceptors (Lipinski definition) is 1. The van der Waals surface area contributed by atoms with E-state index in [1.165, 1.54) is 5.56 Å². The molecule has 0 N–H and O–H groups in total. The summed E-state index contributed by atoms with van der Waals surface area (Å²) in [5.41, 5.74) is 2.27. The number of hydrogen-bond donors (Lipinski definition) is 0. The third-order valence-electron chi connectivity index (χ3n) is 3.10. The molecule has 0 aliphatic rings. The van der Waals surface area contributed by atoms with E-state index >= 15 is 0 Å². The van der Waals surface area contributed by atoms with Gasteiger partial charge in [-0.1, -0.05) is 30.7 Å². The molecule has 1 rings (SSSR count). The average molecular weight is 253 g/mol. The summed E-state index contributed by atoms with van der Waals surface area (Å²) in [6.45, 7) is 6.25. The van der Waals surface area contributed by atoms with Crippen molar-refractivity contribution in [3.63, 3.8) is 0 Å². The fourth-order valence-electron chi connectivity index (χ4n) is 1.98. The van der Waals surface area contributed by atoms with Crippen LogP contribution in [0.5, 0.6) is 5.75 Å². The Morgan fingerprint density at radius 3 is 2.65 bits per heavy atom. The van der Waals surface area contributed by atoms with Gasteiger partial charge in [-0.25, -0.2) is 0 Å². The number of methoxy groups -OCH3 is 1. The first-order chi connectivity index (χ1) is 8.13. The van der Waals surface area contributed by atoms with Crippen LogP contribution in [0.15, 0.2) is 24.3 Å². The van der Waals surface area contributed by atoms with Crippen molar-refractivity contribution in [2.24, 2.45) is 0 Å². The number of benzene rings is 1. The minimum atomic E-state index is 0.472. The number of aryl methyl sites for hydroxylation is 1. The van der Waals surface area contributed by atoms with Gasteiger partial charge in [0.05, 0.1) is 7.11 Å². The molecule has 0 saturated carbocycles. The molecule has 0 amide bonds. The van der Waals surface area contributed by atoms with Crippen LogP contribution >= 0.6 is 11.6 Å². The molecule has 0 aliphatic carbocycles. The van der Waals surface area contributed by atoms with Crippen molar-refractivity contribution in [2.75, 3.05) is 7.11 Å². The molecular weight excluding hydrogens is 232 g/mol. The van der Waals surface area contributed by atoms with Gasteiger partial charge in [-0.2, -0.15) is 0 Å². The van der Waals surface area contributed by atoms with Crippen LogP contribution in [0.3, 0.4) is 0 Å². The Balaban J connectivity index is 3.12. The Morgan fingerprint density at radius 2 is 2.12 bits per heavy atom. The summed E-state index contributed by atoms with van der Waals surface area (Å²) in [4.78, 5) is 0. The summed E-state index contributed by atoms with van der Waals surface area (Å²) in [6, 6.07) is 4.07. The van der Waals surface area contributed by atoms with E-state index < -0.39 is 0 Å². The normalized spacial score (nSPS) is 13.0. The van der Waals surface area contributed by atoms with Crippen LogP contribution in [0.1, 0.15) is 43.7 Å². The Bertz CT molecular complexity index is 396. The maximum absolute atomic E-state index is 6.20. The summed E-state index contributed by atoms with van der Waals surface area (Å²) < 4.78 is 5.46. The van der Waals surface area contributed by atoms with Gasteiger partial charge in [0.1, 0.15) is 5.75 Å². The Morgan fingerprint density at radius 1 is 1.41 bits per heavy atom. The molecule has 0 radical (unpaired) electrons. The van der Waals surface area contributed by atoms with E-state index in [0.29, 0.717) is 5.92 Å². The molecule has 94 valence electrons. The molecule has 0 heterocycles. The lowest BCUT2D eigenvalue weighted by Crippen LogP contribution is -2.00. The maximum Gasteiger partial charge on any atom is 0.122 e. The molecular formula is C15H21ClO. The van der Waals surface area contributed by atoms with Gasteiger partial charge >= 0.3 is 0 Å². The summed E-state index contributed by atoms with van der Waals surface area (Å²) >= 11 is 6.20. The first-order valence-electron chi connectivity index (χ1n) is 6.09. The van der Waals surface area contributed by atoms with Crippen LogP contribution in [0, 0.1) is 6.92 Å². The van der Waals surface area contributed by atoms with Gasteiger partial charge in [0.25, 0.3) is 0 Å². The van der Waals surface area contributed by atoms with E-state index in [1.54, 1.807) is 7.11 Å². The molecule has 1 nitrogen and oxygen atoms in total. The predicted octanol–water partition coefficient (Wildman–Crippen LogP) is 5.12. The highest BCUT2D eigenvalue weighted by atomic mass is 35.5. The molecule has 17 heavy (non-hydrogen) atoms. The summed E-state index contributed by atoms with van der Waals surface area (Å²) in [5, 5.41) is 0.819. The summed E-state index contributed by atoms with van der Waals surface area (Å²) in [5.74, 6) is 1.42. The van der Waals surface area contributed by atoms with Crippen molar-refractivity contribution in [2.45, 2.75) is 39.5 Å². The molecule has 1 atom stereocenters. The first kappa shape index (κ1) is 14.1. The lowest BCUT2D eigenvalue weighted by atomic mass is 9.91. The number of ether oxygens (including phenoxy) is 1. The van der Waals surface area contributed by atoms with Gasteiger partial charge in [-0.3, -0.25) is 0 Å². The van der Waals surface area contributed by atoms with Crippen molar-refractivity contribution in [1.29, 1.82) is 0 Å². The largest absolute Gasteiger partial charge is 0.496 e. The molecule has 0 aliphatic heterocycles. The molecule has 1 aromatic rings. The van der Waals surface area contributed by atoms with Gasteiger partial charge in [-0.15, -0.1) is 0 Å². The molecule has 1 aromatic carbocycles. The van der Waals surface area contributed by atoms with Crippen molar-refractivity contribution in [1.82, 2.24) is 0 Å². The predicted molar refractivity (Wildman–Crippen MR) is 75.2 cm³/mol. The van der Waals surface area contributed by atoms with Crippen LogP contribution in [0.25, 0.3) is 0 Å². The van der Waals surface area contributed by atoms with Crippen molar-refractivity contribution in [3.05, 3.63) is 40.4 Å². The summed E-state index contributed by atoms with van der Waals surface area (Å²) in [6.07, 6.45) is 6.40. The van der Waals surface area contributed by atoms with Crippen molar-refractivity contribution in [3.8, 4) is 5.75 Å². The Hall–Kier alpha value is -0.950. The minimum absolute atomic E-state index is 0.472. The third kappa shape index (κ3) is 3.50. The quantitative estimate of drug-likeness (QED) is 0.661. The van der Waals surface area contributed by atoms with E-state index in [0.717, 1.165) is 29.2 Å². The van der Waals surface area contributed by atoms with Crippen LogP contribution in [-0.2, 0) is 0 Å². The molecule has 0 spiro atoms. The second-order valence-electron chi connectivity index (χ2n) is 4.25. The Kier molecular flexibility index (Phi) is 5.57. The van der Waals surface area contributed by atoms with E-state index in [9.17, 15) is 0 Å². The lowest BCUT2D eigenvalue weighted by molar-refractivity contribution is 0.404. The van der Waals surface area contributed by atoms with Gasteiger partial charge in [-0.05, 0) is 55.9 Å². The lowest BCUT2D eigenvalue weighted by Gasteiger charge is -2.18. The SMILES string of the molecule is C/C=C\CC(CC)c1cc(Cl)c(C)cc1OC. The smallest absolute Gasteiger partial charge is 0.122 e. The highest BCUT2D eigenvalue weighted by Gasteiger charge is 2.15. The standard InChI is InChI=1S/C15H21ClO/c1-5-7-8-12(6-2)13-10-14(16)11(3)9-15(13)17-4/h5,7,9-10,12H,6,8H2,1-4H3/b7-5-. The second-order valence-corrected chi connectivity index (χ2v) is 4.66. The third-order valence-corrected chi connectivity index (χ3v) is 3.51. The molecule has 0 bridgehead atoms. The average Bonchev–Trinajstić information content (AvgIpc) is 2.34. The van der Waals surface area contributed by atoms with E-state index in [2.05, 4.69) is 19.1 Å². The van der Waals surface area contributed by atoms with Crippen LogP contribution < -0.4 is 4.74 Å². The van der Waals surface area contributed by atoms with E-state index in [-0.39, 0.29) is 0 Å². The maximum atomic E-state index is 6.20. The van der Waals surface area contributed by atoms with Crippen LogP contribution in [-0.4, -0.2) is 7.11 Å². The second kappa shape index (κ2) is 6.70. The molecule has 0 aromatic heterocycles. The number of rotatable bonds is 5. The first-order valence-corrected chi connectivity index (χ1v) is 6.47. The molecule has 0 saturated heterocycles. The zero-order valence-electron chi connectivity index (χ0n) is 11.1. The van der Waals surface area contributed by atoms with E-state index in [1.807, 2.05) is 26.0 Å². The Labute approximate surface area is 109 Å². The van der Waals surface area contributed by atoms with Gasteiger partial charge in [0, 0.05) is 5.02 Å². The van der Waals surface area contributed by atoms with Gasteiger partial charge < -0.3 is 4.74 Å². The monoisotopic (exact) mass is 252 g/mol. The molecule has 0 fully saturated rings. The zero-order chi connectivity index (χ0) is 12.8. The van der Waals surface area contributed by atoms with E-state index in [4.69, 9.17) is 16.3 Å². The highest BCUT2D eigenvalue weighted by Crippen LogP contribution is 2.35. The molecule has 2 heteroatoms. The highest BCUT2D eigenvalue weighted by molar-refractivity contribution is 6.31. The molecule has 1 unspecified atom stereocenters. The number of allylic oxidation sites excluding steroid dienone is 2. The van der Waals surface area contributed by atoms with Crippen molar-refractivity contribution >= 4 is 11.6 Å². The topological polar surface area (TPSA) is 9.23 Å².